The van der Waals surface area contributed by atoms with Crippen LogP contribution in [0.5, 0.6) is 5.75 Å². The van der Waals surface area contributed by atoms with Gasteiger partial charge < -0.3 is 15.3 Å². The number of benzene rings is 1. The molecule has 2 N–H and O–H groups in total. The molecule has 0 atom stereocenters. The number of hydrogen-bond donors (Lipinski definition) is 2. The molecule has 1 aromatic rings. The number of aromatic hydroxyl groups is 1. The number of phenolic OH excluding ortho intramolecular Hbond substituents is 1. The Morgan fingerprint density at radius 2 is 2.05 bits per heavy atom. The normalized spacial score (nSPS) is 20.6. The van der Waals surface area contributed by atoms with Crippen LogP contribution in [0.15, 0.2) is 18.2 Å². The summed E-state index contributed by atoms with van der Waals surface area (Å²) in [5.74, 6) is -0.160. The highest BCUT2D eigenvalue weighted by Gasteiger charge is 2.41. The maximum absolute atomic E-state index is 12.5. The van der Waals surface area contributed by atoms with Gasteiger partial charge in [0.2, 0.25) is 5.91 Å². The minimum Gasteiger partial charge on any atom is -0.507 e. The van der Waals surface area contributed by atoms with Gasteiger partial charge in [0.05, 0.1) is 5.56 Å². The van der Waals surface area contributed by atoms with Gasteiger partial charge in [0.15, 0.2) is 0 Å². The lowest BCUT2D eigenvalue weighted by Crippen LogP contribution is -2.44. The van der Waals surface area contributed by atoms with Crippen molar-refractivity contribution in [2.45, 2.75) is 19.3 Å². The Hall–Kier alpha value is -1.75. The van der Waals surface area contributed by atoms with E-state index in [-0.39, 0.29) is 28.5 Å². The molecule has 0 aliphatic carbocycles. The van der Waals surface area contributed by atoms with E-state index in [0.29, 0.717) is 31.1 Å². The SMILES string of the molecule is O=C1CC2(CCN(C(=O)c3cc(Cl)ccc3O)CC2)CN1. The largest absolute Gasteiger partial charge is 0.507 e. The first-order valence-corrected chi connectivity index (χ1v) is 7.41. The van der Waals surface area contributed by atoms with E-state index in [1.165, 1.54) is 12.1 Å². The van der Waals surface area contributed by atoms with Gasteiger partial charge in [-0.15, -0.1) is 0 Å². The smallest absolute Gasteiger partial charge is 0.257 e. The van der Waals surface area contributed by atoms with Crippen molar-refractivity contribution in [3.63, 3.8) is 0 Å². The lowest BCUT2D eigenvalue weighted by atomic mass is 9.77. The first-order chi connectivity index (χ1) is 9.99. The van der Waals surface area contributed by atoms with Crippen LogP contribution in [-0.2, 0) is 4.79 Å². The highest BCUT2D eigenvalue weighted by Crippen LogP contribution is 2.38. The third-order valence-corrected chi connectivity index (χ3v) is 4.73. The molecule has 0 bridgehead atoms. The Balaban J connectivity index is 1.70. The summed E-state index contributed by atoms with van der Waals surface area (Å²) >= 11 is 5.89. The molecule has 2 aliphatic rings. The Kier molecular flexibility index (Phi) is 3.53. The number of nitrogens with zero attached hydrogens (tertiary/aromatic N) is 1. The second-order valence-electron chi connectivity index (χ2n) is 5.91. The van der Waals surface area contributed by atoms with Crippen molar-refractivity contribution in [3.8, 4) is 5.75 Å². The first kappa shape index (κ1) is 14.2. The zero-order valence-corrected chi connectivity index (χ0v) is 12.3. The molecule has 0 radical (unpaired) electrons. The number of nitrogens with one attached hydrogen (secondary N) is 1. The first-order valence-electron chi connectivity index (χ1n) is 7.04. The van der Waals surface area contributed by atoms with Crippen LogP contribution in [0, 0.1) is 5.41 Å². The summed E-state index contributed by atoms with van der Waals surface area (Å²) in [4.78, 5) is 25.6. The molecule has 6 heteroatoms. The van der Waals surface area contributed by atoms with Crippen molar-refractivity contribution >= 4 is 23.4 Å². The second kappa shape index (κ2) is 5.22. The Labute approximate surface area is 127 Å². The van der Waals surface area contributed by atoms with Crippen LogP contribution in [-0.4, -0.2) is 41.5 Å². The Morgan fingerprint density at radius 3 is 2.67 bits per heavy atom. The van der Waals surface area contributed by atoms with Crippen LogP contribution in [0.3, 0.4) is 0 Å². The standard InChI is InChI=1S/C15H17ClN2O3/c16-10-1-2-12(19)11(7-10)14(21)18-5-3-15(4-6-18)8-13(20)17-9-15/h1-2,7,19H,3-6,8-9H2,(H,17,20). The van der Waals surface area contributed by atoms with Gasteiger partial charge >= 0.3 is 0 Å². The quantitative estimate of drug-likeness (QED) is 0.831. The fourth-order valence-electron chi connectivity index (χ4n) is 3.14. The van der Waals surface area contributed by atoms with E-state index >= 15 is 0 Å². The van der Waals surface area contributed by atoms with Crippen molar-refractivity contribution in [3.05, 3.63) is 28.8 Å². The summed E-state index contributed by atoms with van der Waals surface area (Å²) in [5.41, 5.74) is 0.239. The zero-order chi connectivity index (χ0) is 15.0. The van der Waals surface area contributed by atoms with Gasteiger partial charge in [0.1, 0.15) is 5.75 Å². The van der Waals surface area contributed by atoms with E-state index in [4.69, 9.17) is 11.6 Å². The lowest BCUT2D eigenvalue weighted by molar-refractivity contribution is -0.119. The molecule has 21 heavy (non-hydrogen) atoms. The van der Waals surface area contributed by atoms with Crippen molar-refractivity contribution in [2.24, 2.45) is 5.41 Å². The summed E-state index contributed by atoms with van der Waals surface area (Å²) in [6.45, 7) is 1.90. The van der Waals surface area contributed by atoms with E-state index in [1.54, 1.807) is 11.0 Å². The summed E-state index contributed by atoms with van der Waals surface area (Å²) in [5, 5.41) is 13.1. The second-order valence-corrected chi connectivity index (χ2v) is 6.34. The van der Waals surface area contributed by atoms with Crippen LogP contribution in [0.1, 0.15) is 29.6 Å². The molecular weight excluding hydrogens is 292 g/mol. The van der Waals surface area contributed by atoms with E-state index in [2.05, 4.69) is 5.32 Å². The van der Waals surface area contributed by atoms with Gasteiger partial charge in [-0.3, -0.25) is 9.59 Å². The molecule has 5 nitrogen and oxygen atoms in total. The maximum atomic E-state index is 12.5. The summed E-state index contributed by atoms with van der Waals surface area (Å²) in [7, 11) is 0. The van der Waals surface area contributed by atoms with Crippen molar-refractivity contribution in [1.29, 1.82) is 0 Å². The molecule has 0 saturated carbocycles. The van der Waals surface area contributed by atoms with Gasteiger partial charge in [-0.25, -0.2) is 0 Å². The number of hydrogen-bond acceptors (Lipinski definition) is 3. The third kappa shape index (κ3) is 2.70. The number of carbonyl (C=O) groups excluding carboxylic acids is 2. The van der Waals surface area contributed by atoms with Crippen molar-refractivity contribution in [2.75, 3.05) is 19.6 Å². The molecular formula is C15H17ClN2O3. The number of likely N-dealkylation sites (tertiary alicyclic amines) is 1. The molecule has 0 unspecified atom stereocenters. The van der Waals surface area contributed by atoms with Gasteiger partial charge in [-0.1, -0.05) is 11.6 Å². The van der Waals surface area contributed by atoms with E-state index in [1.807, 2.05) is 0 Å². The van der Waals surface area contributed by atoms with Crippen LogP contribution in [0.25, 0.3) is 0 Å². The molecule has 2 saturated heterocycles. The summed E-state index contributed by atoms with van der Waals surface area (Å²) in [6, 6.07) is 4.47. The molecule has 2 heterocycles. The minimum atomic E-state index is -0.206. The number of rotatable bonds is 1. The molecule has 2 aliphatic heterocycles. The molecule has 2 fully saturated rings. The van der Waals surface area contributed by atoms with Crippen LogP contribution in [0.2, 0.25) is 5.02 Å². The number of piperidine rings is 1. The van der Waals surface area contributed by atoms with E-state index < -0.39 is 0 Å². The highest BCUT2D eigenvalue weighted by atomic mass is 35.5. The zero-order valence-electron chi connectivity index (χ0n) is 11.6. The summed E-state index contributed by atoms with van der Waals surface area (Å²) in [6.07, 6.45) is 2.16. The van der Waals surface area contributed by atoms with Crippen LogP contribution in [0.4, 0.5) is 0 Å². The van der Waals surface area contributed by atoms with Crippen LogP contribution < -0.4 is 5.32 Å². The molecule has 0 aromatic heterocycles. The van der Waals surface area contributed by atoms with Crippen molar-refractivity contribution in [1.82, 2.24) is 10.2 Å². The van der Waals surface area contributed by atoms with E-state index in [0.717, 1.165) is 12.8 Å². The highest BCUT2D eigenvalue weighted by molar-refractivity contribution is 6.31. The van der Waals surface area contributed by atoms with Gasteiger partial charge in [0, 0.05) is 31.1 Å². The molecule has 112 valence electrons. The predicted molar refractivity (Wildman–Crippen MR) is 78.3 cm³/mol. The van der Waals surface area contributed by atoms with E-state index in [9.17, 15) is 14.7 Å². The Morgan fingerprint density at radius 1 is 1.33 bits per heavy atom. The summed E-state index contributed by atoms with van der Waals surface area (Å²) < 4.78 is 0. The predicted octanol–water partition coefficient (Wildman–Crippen LogP) is 1.79. The van der Waals surface area contributed by atoms with Crippen LogP contribution >= 0.6 is 11.6 Å². The van der Waals surface area contributed by atoms with Gasteiger partial charge in [0.25, 0.3) is 5.91 Å². The minimum absolute atomic E-state index is 0.00421. The van der Waals surface area contributed by atoms with Gasteiger partial charge in [-0.05, 0) is 36.5 Å². The lowest BCUT2D eigenvalue weighted by Gasteiger charge is -2.38. The molecule has 2 amide bonds. The number of carbonyl (C=O) groups is 2. The topological polar surface area (TPSA) is 69.6 Å². The fourth-order valence-corrected chi connectivity index (χ4v) is 3.31. The molecule has 3 rings (SSSR count). The third-order valence-electron chi connectivity index (χ3n) is 4.50. The van der Waals surface area contributed by atoms with Crippen molar-refractivity contribution < 1.29 is 14.7 Å². The maximum Gasteiger partial charge on any atom is 0.257 e. The average Bonchev–Trinajstić information content (AvgIpc) is 2.83. The number of amides is 2. The van der Waals surface area contributed by atoms with Gasteiger partial charge in [-0.2, -0.15) is 0 Å². The monoisotopic (exact) mass is 308 g/mol. The molecule has 1 spiro atoms. The molecule has 1 aromatic carbocycles. The number of halogens is 1. The fraction of sp³-hybridized carbons (Fsp3) is 0.467. The number of phenols is 1. The Bertz CT molecular complexity index is 595. The average molecular weight is 309 g/mol.